The summed E-state index contributed by atoms with van der Waals surface area (Å²) in [6.07, 6.45) is 4.54. The van der Waals surface area contributed by atoms with Crippen LogP contribution in [0.2, 0.25) is 5.02 Å². The summed E-state index contributed by atoms with van der Waals surface area (Å²) in [4.78, 5) is 27.6. The number of nitrogens with one attached hydrogen (secondary N) is 1. The van der Waals surface area contributed by atoms with Gasteiger partial charge in [0.05, 0.1) is 23.9 Å². The Labute approximate surface area is 248 Å². The number of halogens is 3. The number of carbonyl (C=O) groups is 2. The van der Waals surface area contributed by atoms with Crippen LogP contribution in [0.3, 0.4) is 0 Å². The Hall–Kier alpha value is -4.74. The molecule has 1 aliphatic heterocycles. The highest BCUT2D eigenvalue weighted by Crippen LogP contribution is 2.36. The number of amidine groups is 1. The molecule has 3 aromatic carbocycles. The second-order valence-electron chi connectivity index (χ2n) is 8.79. The number of hydrogen-bond donors (Lipinski definition) is 1. The third-order valence-electron chi connectivity index (χ3n) is 5.75. The molecule has 4 aromatic rings. The van der Waals surface area contributed by atoms with Crippen LogP contribution in [0.1, 0.15) is 16.9 Å². The van der Waals surface area contributed by atoms with Gasteiger partial charge in [-0.1, -0.05) is 23.7 Å². The second kappa shape index (κ2) is 13.3. The van der Waals surface area contributed by atoms with E-state index in [-0.39, 0.29) is 24.9 Å². The van der Waals surface area contributed by atoms with Crippen LogP contribution in [0.4, 0.5) is 14.5 Å². The highest BCUT2D eigenvalue weighted by atomic mass is 35.5. The molecule has 2 heterocycles. The summed E-state index contributed by atoms with van der Waals surface area (Å²) in [5, 5.41) is 11.6. The van der Waals surface area contributed by atoms with Crippen molar-refractivity contribution >= 4 is 58.3 Å². The summed E-state index contributed by atoms with van der Waals surface area (Å²) in [6.45, 7) is -0.227. The number of rotatable bonds is 9. The van der Waals surface area contributed by atoms with Gasteiger partial charge in [0.1, 0.15) is 23.1 Å². The zero-order chi connectivity index (χ0) is 29.5. The van der Waals surface area contributed by atoms with Crippen molar-refractivity contribution in [3.05, 3.63) is 124 Å². The molecule has 0 saturated carbocycles. The molecule has 0 bridgehead atoms. The van der Waals surface area contributed by atoms with Gasteiger partial charge in [-0.2, -0.15) is 5.10 Å². The molecule has 12 heteroatoms. The number of benzene rings is 3. The van der Waals surface area contributed by atoms with E-state index in [9.17, 15) is 18.4 Å². The monoisotopic (exact) mass is 606 g/mol. The van der Waals surface area contributed by atoms with Gasteiger partial charge in [-0.05, 0) is 90.1 Å². The smallest absolute Gasteiger partial charge is 0.267 e. The lowest BCUT2D eigenvalue weighted by molar-refractivity contribution is -0.122. The average Bonchev–Trinajstić information content (AvgIpc) is 3.59. The molecule has 1 aromatic heterocycles. The van der Waals surface area contributed by atoms with Crippen LogP contribution in [0.5, 0.6) is 5.75 Å². The normalized spacial score (nSPS) is 15.2. The van der Waals surface area contributed by atoms with Crippen LogP contribution >= 0.6 is 23.4 Å². The first-order chi connectivity index (χ1) is 20.3. The summed E-state index contributed by atoms with van der Waals surface area (Å²) < 4.78 is 37.5. The van der Waals surface area contributed by atoms with E-state index in [1.54, 1.807) is 48.5 Å². The molecule has 0 spiro atoms. The molecule has 1 N–H and O–H groups in total. The minimum atomic E-state index is -0.459. The molecule has 2 amide bonds. The van der Waals surface area contributed by atoms with Crippen molar-refractivity contribution in [2.75, 3.05) is 11.9 Å². The zero-order valence-electron chi connectivity index (χ0n) is 21.7. The van der Waals surface area contributed by atoms with Gasteiger partial charge in [-0.15, -0.1) is 5.10 Å². The van der Waals surface area contributed by atoms with E-state index in [1.165, 1.54) is 53.8 Å². The van der Waals surface area contributed by atoms with E-state index in [0.29, 0.717) is 43.4 Å². The SMILES string of the molecule is O=C(COc1ccc(Cl)cc1/C=C1\S/C(=N/N=C\c2ccc(F)cc2)N(Cc2ccco2)C1=O)Nc1ccc(F)cc1. The standard InChI is InChI=1S/C30H21ClF2N4O4S/c31-21-5-12-26(41-18-28(38)35-24-10-8-23(33)9-11-24)20(14-21)15-27-29(39)37(17-25-2-1-13-40-25)30(42-27)36-34-16-19-3-6-22(32)7-4-19/h1-16H,17-18H2,(H,35,38)/b27-15-,34-16-,36-30+. The minimum Gasteiger partial charge on any atom is -0.483 e. The van der Waals surface area contributed by atoms with Gasteiger partial charge in [0, 0.05) is 16.3 Å². The maximum absolute atomic E-state index is 13.5. The highest BCUT2D eigenvalue weighted by molar-refractivity contribution is 8.18. The maximum Gasteiger partial charge on any atom is 0.267 e. The summed E-state index contributed by atoms with van der Waals surface area (Å²) in [6, 6.07) is 19.3. The summed E-state index contributed by atoms with van der Waals surface area (Å²) in [5.74, 6) is -0.747. The molecule has 0 radical (unpaired) electrons. The van der Waals surface area contributed by atoms with Crippen LogP contribution in [0.15, 0.2) is 105 Å². The van der Waals surface area contributed by atoms with Crippen LogP contribution in [-0.4, -0.2) is 34.7 Å². The zero-order valence-corrected chi connectivity index (χ0v) is 23.2. The third kappa shape index (κ3) is 7.50. The Morgan fingerprint density at radius 1 is 1.05 bits per heavy atom. The molecule has 0 atom stereocenters. The maximum atomic E-state index is 13.5. The predicted octanol–water partition coefficient (Wildman–Crippen LogP) is 6.74. The Morgan fingerprint density at radius 2 is 1.79 bits per heavy atom. The van der Waals surface area contributed by atoms with Crippen molar-refractivity contribution in [1.29, 1.82) is 0 Å². The van der Waals surface area contributed by atoms with E-state index in [1.807, 2.05) is 0 Å². The van der Waals surface area contributed by atoms with Crippen molar-refractivity contribution < 1.29 is 27.5 Å². The van der Waals surface area contributed by atoms with Crippen LogP contribution in [0, 0.1) is 11.6 Å². The molecule has 1 fully saturated rings. The van der Waals surface area contributed by atoms with Gasteiger partial charge in [0.15, 0.2) is 11.8 Å². The number of carbonyl (C=O) groups excluding carboxylic acids is 2. The van der Waals surface area contributed by atoms with E-state index < -0.39 is 11.7 Å². The molecule has 1 saturated heterocycles. The van der Waals surface area contributed by atoms with Crippen molar-refractivity contribution in [3.63, 3.8) is 0 Å². The Kier molecular flexibility index (Phi) is 9.10. The fourth-order valence-electron chi connectivity index (χ4n) is 3.75. The fourth-order valence-corrected chi connectivity index (χ4v) is 4.86. The third-order valence-corrected chi connectivity index (χ3v) is 6.98. The quantitative estimate of drug-likeness (QED) is 0.129. The Balaban J connectivity index is 1.36. The molecule has 0 aliphatic carbocycles. The molecule has 1 aliphatic rings. The first-order valence-electron chi connectivity index (χ1n) is 12.4. The number of hydrogen-bond acceptors (Lipinski definition) is 7. The summed E-state index contributed by atoms with van der Waals surface area (Å²) >= 11 is 7.32. The lowest BCUT2D eigenvalue weighted by atomic mass is 10.2. The topological polar surface area (TPSA) is 96.5 Å². The highest BCUT2D eigenvalue weighted by Gasteiger charge is 2.34. The van der Waals surface area contributed by atoms with Gasteiger partial charge in [-0.25, -0.2) is 8.78 Å². The average molecular weight is 607 g/mol. The van der Waals surface area contributed by atoms with Crippen molar-refractivity contribution in [2.45, 2.75) is 6.54 Å². The molecule has 8 nitrogen and oxygen atoms in total. The Morgan fingerprint density at radius 3 is 2.50 bits per heavy atom. The van der Waals surface area contributed by atoms with E-state index >= 15 is 0 Å². The van der Waals surface area contributed by atoms with Crippen molar-refractivity contribution in [1.82, 2.24) is 4.90 Å². The lowest BCUT2D eigenvalue weighted by Gasteiger charge is -2.13. The lowest BCUT2D eigenvalue weighted by Crippen LogP contribution is -2.28. The molecule has 212 valence electrons. The largest absolute Gasteiger partial charge is 0.483 e. The molecular weight excluding hydrogens is 586 g/mol. The first kappa shape index (κ1) is 28.8. The van der Waals surface area contributed by atoms with Gasteiger partial charge >= 0.3 is 0 Å². The van der Waals surface area contributed by atoms with E-state index in [2.05, 4.69) is 15.5 Å². The molecular formula is C30H21ClF2N4O4S. The van der Waals surface area contributed by atoms with Crippen LogP contribution < -0.4 is 10.1 Å². The van der Waals surface area contributed by atoms with Crippen LogP contribution in [-0.2, 0) is 16.1 Å². The van der Waals surface area contributed by atoms with Gasteiger partial charge in [0.25, 0.3) is 11.8 Å². The second-order valence-corrected chi connectivity index (χ2v) is 10.2. The van der Waals surface area contributed by atoms with E-state index in [4.69, 9.17) is 20.8 Å². The summed E-state index contributed by atoms with van der Waals surface area (Å²) in [7, 11) is 0. The fraction of sp³-hybridized carbons (Fsp3) is 0.0667. The van der Waals surface area contributed by atoms with Gasteiger partial charge in [0.2, 0.25) is 0 Å². The molecule has 5 rings (SSSR count). The predicted molar refractivity (Wildman–Crippen MR) is 158 cm³/mol. The van der Waals surface area contributed by atoms with Gasteiger partial charge in [-0.3, -0.25) is 14.5 Å². The summed E-state index contributed by atoms with van der Waals surface area (Å²) in [5.41, 5.74) is 1.51. The first-order valence-corrected chi connectivity index (χ1v) is 13.6. The number of ether oxygens (including phenoxy) is 1. The van der Waals surface area contributed by atoms with Crippen molar-refractivity contribution in [2.24, 2.45) is 10.2 Å². The number of furan rings is 1. The number of anilines is 1. The van der Waals surface area contributed by atoms with E-state index in [0.717, 1.165) is 11.8 Å². The van der Waals surface area contributed by atoms with Crippen LogP contribution in [0.25, 0.3) is 6.08 Å². The number of amides is 2. The Bertz CT molecular complexity index is 1670. The number of thioether (sulfide) groups is 1. The number of nitrogens with zero attached hydrogens (tertiary/aromatic N) is 3. The molecule has 42 heavy (non-hydrogen) atoms. The van der Waals surface area contributed by atoms with Crippen molar-refractivity contribution in [3.8, 4) is 5.75 Å². The molecule has 0 unspecified atom stereocenters. The minimum absolute atomic E-state index is 0.115. The van der Waals surface area contributed by atoms with Gasteiger partial charge < -0.3 is 14.5 Å².